The molecule has 3 rings (SSSR count). The van der Waals surface area contributed by atoms with Crippen LogP contribution in [-0.4, -0.2) is 15.8 Å². The van der Waals surface area contributed by atoms with E-state index in [0.717, 1.165) is 37.1 Å². The summed E-state index contributed by atoms with van der Waals surface area (Å²) in [6, 6.07) is 4.55. The van der Waals surface area contributed by atoms with E-state index in [0.29, 0.717) is 17.5 Å². The molecule has 0 unspecified atom stereocenters. The number of fused-ring (bicyclic) bond motifs is 1. The van der Waals surface area contributed by atoms with E-state index in [9.17, 15) is 9.18 Å². The molecule has 0 amide bonds. The number of para-hydroxylation sites is 1. The Morgan fingerprint density at radius 2 is 2.11 bits per heavy atom. The van der Waals surface area contributed by atoms with Crippen molar-refractivity contribution in [3.63, 3.8) is 0 Å². The van der Waals surface area contributed by atoms with Gasteiger partial charge in [0.25, 0.3) is 0 Å². The lowest BCUT2D eigenvalue weighted by Gasteiger charge is -2.15. The third kappa shape index (κ3) is 1.65. The van der Waals surface area contributed by atoms with Crippen LogP contribution in [0.2, 0.25) is 0 Å². The molecule has 4 heteroatoms. The summed E-state index contributed by atoms with van der Waals surface area (Å²) in [5.41, 5.74) is 2.75. The van der Waals surface area contributed by atoms with Gasteiger partial charge in [-0.2, -0.15) is 0 Å². The van der Waals surface area contributed by atoms with Crippen molar-refractivity contribution in [1.82, 2.24) is 9.55 Å². The number of hydrogen-bond acceptors (Lipinski definition) is 2. The largest absolute Gasteiger partial charge is 0.299 e. The van der Waals surface area contributed by atoms with E-state index >= 15 is 0 Å². The molecule has 0 radical (unpaired) electrons. The van der Waals surface area contributed by atoms with Crippen molar-refractivity contribution in [2.75, 3.05) is 0 Å². The van der Waals surface area contributed by atoms with Gasteiger partial charge in [0.1, 0.15) is 5.82 Å². The fraction of sp³-hybridized carbons (Fsp3) is 0.286. The quantitative estimate of drug-likeness (QED) is 0.761. The van der Waals surface area contributed by atoms with Crippen LogP contribution in [0.4, 0.5) is 4.39 Å². The molecule has 0 saturated carbocycles. The molecule has 1 aromatic carbocycles. The van der Waals surface area contributed by atoms with E-state index in [-0.39, 0.29) is 5.82 Å². The lowest BCUT2D eigenvalue weighted by molar-refractivity contribution is 0.112. The van der Waals surface area contributed by atoms with Crippen LogP contribution in [0.25, 0.3) is 5.69 Å². The zero-order valence-corrected chi connectivity index (χ0v) is 9.90. The minimum Gasteiger partial charge on any atom is -0.299 e. The van der Waals surface area contributed by atoms with E-state index < -0.39 is 0 Å². The lowest BCUT2D eigenvalue weighted by atomic mass is 10.0. The number of halogens is 1. The SMILES string of the molecule is O=Cc1cccc(F)c1-n1cnc2c1CCCC2. The Balaban J connectivity index is 2.21. The highest BCUT2D eigenvalue weighted by atomic mass is 19.1. The Morgan fingerprint density at radius 1 is 1.28 bits per heavy atom. The minimum atomic E-state index is -0.384. The summed E-state index contributed by atoms with van der Waals surface area (Å²) < 4.78 is 15.7. The normalized spacial score (nSPS) is 14.3. The molecule has 18 heavy (non-hydrogen) atoms. The van der Waals surface area contributed by atoms with Crippen LogP contribution in [0.15, 0.2) is 24.5 Å². The highest BCUT2D eigenvalue weighted by Gasteiger charge is 2.19. The first-order chi connectivity index (χ1) is 8.81. The molecule has 1 aliphatic carbocycles. The fourth-order valence-electron chi connectivity index (χ4n) is 2.54. The predicted octanol–water partition coefficient (Wildman–Crippen LogP) is 2.70. The van der Waals surface area contributed by atoms with Gasteiger partial charge in [0, 0.05) is 11.3 Å². The molecule has 1 aliphatic rings. The molecular formula is C14H13FN2O. The van der Waals surface area contributed by atoms with Crippen molar-refractivity contribution < 1.29 is 9.18 Å². The first kappa shape index (κ1) is 11.1. The molecule has 1 aromatic heterocycles. The molecule has 92 valence electrons. The van der Waals surface area contributed by atoms with E-state index in [2.05, 4.69) is 4.98 Å². The van der Waals surface area contributed by atoms with Gasteiger partial charge in [0.15, 0.2) is 6.29 Å². The van der Waals surface area contributed by atoms with Crippen molar-refractivity contribution >= 4 is 6.29 Å². The highest BCUT2D eigenvalue weighted by Crippen LogP contribution is 2.26. The summed E-state index contributed by atoms with van der Waals surface area (Å²) in [7, 11) is 0. The van der Waals surface area contributed by atoms with Gasteiger partial charge >= 0.3 is 0 Å². The molecule has 0 aliphatic heterocycles. The third-order valence-corrected chi connectivity index (χ3v) is 3.42. The molecule has 0 N–H and O–H groups in total. The average Bonchev–Trinajstić information content (AvgIpc) is 2.82. The number of carbonyl (C=O) groups is 1. The summed E-state index contributed by atoms with van der Waals surface area (Å²) in [6.07, 6.45) is 6.36. The minimum absolute atomic E-state index is 0.322. The number of aromatic nitrogens is 2. The van der Waals surface area contributed by atoms with Crippen LogP contribution in [-0.2, 0) is 12.8 Å². The summed E-state index contributed by atoms with van der Waals surface area (Å²) in [6.45, 7) is 0. The number of imidazole rings is 1. The van der Waals surface area contributed by atoms with Gasteiger partial charge < -0.3 is 0 Å². The van der Waals surface area contributed by atoms with Crippen LogP contribution >= 0.6 is 0 Å². The van der Waals surface area contributed by atoms with Crippen molar-refractivity contribution in [1.29, 1.82) is 0 Å². The standard InChI is InChI=1S/C14H13FN2O/c15-11-5-3-4-10(8-18)14(11)17-9-16-12-6-1-2-7-13(12)17/h3-5,8-9H,1-2,6-7H2. The predicted molar refractivity (Wildman–Crippen MR) is 65.6 cm³/mol. The zero-order valence-electron chi connectivity index (χ0n) is 9.90. The maximum Gasteiger partial charge on any atom is 0.152 e. The number of benzene rings is 1. The molecule has 1 heterocycles. The number of carbonyl (C=O) groups excluding carboxylic acids is 1. The van der Waals surface area contributed by atoms with Crippen molar-refractivity contribution in [2.45, 2.75) is 25.7 Å². The van der Waals surface area contributed by atoms with Gasteiger partial charge in [0.05, 0.1) is 17.7 Å². The maximum atomic E-state index is 14.0. The topological polar surface area (TPSA) is 34.9 Å². The number of rotatable bonds is 2. The zero-order chi connectivity index (χ0) is 12.5. The van der Waals surface area contributed by atoms with E-state index in [1.54, 1.807) is 23.0 Å². The number of hydrogen-bond donors (Lipinski definition) is 0. The first-order valence-electron chi connectivity index (χ1n) is 6.10. The summed E-state index contributed by atoms with van der Waals surface area (Å²) in [5.74, 6) is -0.384. The molecule has 0 saturated heterocycles. The Bertz CT molecular complexity index is 604. The van der Waals surface area contributed by atoms with Crippen molar-refractivity contribution in [2.24, 2.45) is 0 Å². The van der Waals surface area contributed by atoms with Crippen LogP contribution in [0, 0.1) is 5.82 Å². The van der Waals surface area contributed by atoms with Gasteiger partial charge in [-0.05, 0) is 37.8 Å². The Hall–Kier alpha value is -1.97. The van der Waals surface area contributed by atoms with E-state index in [1.165, 1.54) is 6.07 Å². The molecule has 0 spiro atoms. The summed E-state index contributed by atoms with van der Waals surface area (Å²) >= 11 is 0. The summed E-state index contributed by atoms with van der Waals surface area (Å²) in [5, 5.41) is 0. The molecule has 3 nitrogen and oxygen atoms in total. The van der Waals surface area contributed by atoms with E-state index in [1.807, 2.05) is 0 Å². The first-order valence-corrected chi connectivity index (χ1v) is 6.10. The van der Waals surface area contributed by atoms with Gasteiger partial charge in [0.2, 0.25) is 0 Å². The molecule has 2 aromatic rings. The smallest absolute Gasteiger partial charge is 0.152 e. The van der Waals surface area contributed by atoms with Crippen molar-refractivity contribution in [3.8, 4) is 5.69 Å². The molecule has 0 bridgehead atoms. The van der Waals surface area contributed by atoms with Crippen LogP contribution < -0.4 is 0 Å². The van der Waals surface area contributed by atoms with Crippen LogP contribution in [0.5, 0.6) is 0 Å². The Labute approximate surface area is 104 Å². The highest BCUT2D eigenvalue weighted by molar-refractivity contribution is 5.81. The van der Waals surface area contributed by atoms with Gasteiger partial charge in [-0.3, -0.25) is 9.36 Å². The Morgan fingerprint density at radius 3 is 2.94 bits per heavy atom. The number of nitrogens with zero attached hydrogens (tertiary/aromatic N) is 2. The fourth-order valence-corrected chi connectivity index (χ4v) is 2.54. The van der Waals surface area contributed by atoms with Crippen LogP contribution in [0.1, 0.15) is 34.6 Å². The third-order valence-electron chi connectivity index (χ3n) is 3.42. The van der Waals surface area contributed by atoms with E-state index in [4.69, 9.17) is 0 Å². The summed E-state index contributed by atoms with van der Waals surface area (Å²) in [4.78, 5) is 15.4. The second-order valence-electron chi connectivity index (χ2n) is 4.51. The maximum absolute atomic E-state index is 14.0. The van der Waals surface area contributed by atoms with Gasteiger partial charge in [-0.25, -0.2) is 9.37 Å². The van der Waals surface area contributed by atoms with Gasteiger partial charge in [-0.15, -0.1) is 0 Å². The number of aryl methyl sites for hydroxylation is 1. The number of aldehydes is 1. The second kappa shape index (κ2) is 4.37. The van der Waals surface area contributed by atoms with Crippen LogP contribution in [0.3, 0.4) is 0 Å². The molecule has 0 atom stereocenters. The second-order valence-corrected chi connectivity index (χ2v) is 4.51. The van der Waals surface area contributed by atoms with Crippen molar-refractivity contribution in [3.05, 3.63) is 47.3 Å². The monoisotopic (exact) mass is 244 g/mol. The molecule has 0 fully saturated rings. The lowest BCUT2D eigenvalue weighted by Crippen LogP contribution is -2.09. The molecular weight excluding hydrogens is 231 g/mol. The van der Waals surface area contributed by atoms with Gasteiger partial charge in [-0.1, -0.05) is 6.07 Å². The Kier molecular flexibility index (Phi) is 2.70. The average molecular weight is 244 g/mol.